The molecular formula is C4H9F2NO4S2. The van der Waals surface area contributed by atoms with E-state index < -0.39 is 32.0 Å². The molecule has 0 unspecified atom stereocenters. The van der Waals surface area contributed by atoms with Crippen LogP contribution in [-0.4, -0.2) is 41.4 Å². The summed E-state index contributed by atoms with van der Waals surface area (Å²) in [5, 5.41) is 2.26. The van der Waals surface area contributed by atoms with Crippen LogP contribution >= 0.6 is 0 Å². The molecule has 0 amide bonds. The van der Waals surface area contributed by atoms with Gasteiger partial charge in [-0.05, 0) is 0 Å². The van der Waals surface area contributed by atoms with Crippen LogP contribution < -0.4 is 5.32 Å². The van der Waals surface area contributed by atoms with Crippen LogP contribution in [0.1, 0.15) is 0 Å². The van der Waals surface area contributed by atoms with Crippen LogP contribution in [0, 0.1) is 0 Å². The van der Waals surface area contributed by atoms with Crippen molar-refractivity contribution in [2.24, 2.45) is 0 Å². The lowest BCUT2D eigenvalue weighted by Crippen LogP contribution is -2.25. The van der Waals surface area contributed by atoms with Gasteiger partial charge in [0.2, 0.25) is 0 Å². The largest absolute Gasteiger partial charge is 0.315 e. The molecule has 0 aliphatic carbocycles. The molecule has 0 radical (unpaired) electrons. The Labute approximate surface area is 75.6 Å². The van der Waals surface area contributed by atoms with Gasteiger partial charge in [-0.1, -0.05) is 0 Å². The fraction of sp³-hybridized carbons (Fsp3) is 1.00. The maximum atomic E-state index is 11.8. The Bertz CT molecular complexity index is 301. The molecule has 5 nitrogen and oxygen atoms in total. The van der Waals surface area contributed by atoms with Crippen molar-refractivity contribution in [3.8, 4) is 0 Å². The third-order valence-corrected chi connectivity index (χ3v) is 2.43. The lowest BCUT2D eigenvalue weighted by atomic mass is 10.7. The van der Waals surface area contributed by atoms with Gasteiger partial charge < -0.3 is 5.32 Å². The van der Waals surface area contributed by atoms with Crippen LogP contribution in [0.4, 0.5) is 7.77 Å². The minimum absolute atomic E-state index is 0.242. The second-order valence-electron chi connectivity index (χ2n) is 2.24. The molecule has 0 atom stereocenters. The van der Waals surface area contributed by atoms with E-state index in [0.29, 0.717) is 0 Å². The molecular weight excluding hydrogens is 228 g/mol. The average Bonchev–Trinajstić information content (AvgIpc) is 1.81. The molecule has 0 saturated carbocycles. The molecule has 13 heavy (non-hydrogen) atoms. The van der Waals surface area contributed by atoms with Crippen molar-refractivity contribution in [1.29, 1.82) is 0 Å². The second kappa shape index (κ2) is 4.82. The molecule has 0 spiro atoms. The Morgan fingerprint density at radius 1 is 0.846 bits per heavy atom. The molecule has 0 aliphatic heterocycles. The molecule has 0 saturated heterocycles. The maximum absolute atomic E-state index is 11.8. The minimum atomic E-state index is -4.55. The molecule has 1 N–H and O–H groups in total. The Kier molecular flexibility index (Phi) is 4.71. The Morgan fingerprint density at radius 2 is 1.15 bits per heavy atom. The lowest BCUT2D eigenvalue weighted by Gasteiger charge is -1.99. The van der Waals surface area contributed by atoms with E-state index in [4.69, 9.17) is 0 Å². The third kappa shape index (κ3) is 11.7. The fourth-order valence-electron chi connectivity index (χ4n) is 0.513. The number of rotatable bonds is 6. The normalized spacial score (nSPS) is 13.1. The summed E-state index contributed by atoms with van der Waals surface area (Å²) in [7, 11) is -9.09. The van der Waals surface area contributed by atoms with E-state index in [2.05, 4.69) is 5.32 Å². The Hall–Kier alpha value is -0.280. The molecule has 9 heteroatoms. The highest BCUT2D eigenvalue weighted by Gasteiger charge is 2.08. The Morgan fingerprint density at radius 3 is 1.38 bits per heavy atom. The van der Waals surface area contributed by atoms with Crippen molar-refractivity contribution < 1.29 is 24.6 Å². The van der Waals surface area contributed by atoms with E-state index in [9.17, 15) is 24.6 Å². The van der Waals surface area contributed by atoms with Crippen LogP contribution in [-0.2, 0) is 20.4 Å². The summed E-state index contributed by atoms with van der Waals surface area (Å²) >= 11 is 0. The first-order chi connectivity index (χ1) is 5.71. The first-order valence-corrected chi connectivity index (χ1v) is 6.36. The van der Waals surface area contributed by atoms with Gasteiger partial charge in [-0.25, -0.2) is 0 Å². The highest BCUT2D eigenvalue weighted by Crippen LogP contribution is 1.89. The van der Waals surface area contributed by atoms with Gasteiger partial charge in [-0.3, -0.25) is 0 Å². The predicted molar refractivity (Wildman–Crippen MR) is 42.7 cm³/mol. The van der Waals surface area contributed by atoms with Gasteiger partial charge in [0.15, 0.2) is 0 Å². The zero-order valence-corrected chi connectivity index (χ0v) is 8.17. The van der Waals surface area contributed by atoms with Crippen molar-refractivity contribution in [3.05, 3.63) is 0 Å². The molecule has 0 aromatic heterocycles. The van der Waals surface area contributed by atoms with Gasteiger partial charge in [-0.15, -0.1) is 7.77 Å². The standard InChI is InChI=1S/C4H9F2NO4S2/c5-12(8,9)3-1-7-2-4-13(6,10)11/h7H,1-4H2. The van der Waals surface area contributed by atoms with Gasteiger partial charge in [0.25, 0.3) is 0 Å². The van der Waals surface area contributed by atoms with E-state index in [1.165, 1.54) is 0 Å². The Balaban J connectivity index is 3.50. The molecule has 0 rings (SSSR count). The predicted octanol–water partition coefficient (Wildman–Crippen LogP) is -0.825. The van der Waals surface area contributed by atoms with Crippen molar-refractivity contribution in [2.75, 3.05) is 24.6 Å². The quantitative estimate of drug-likeness (QED) is 0.482. The van der Waals surface area contributed by atoms with Crippen LogP contribution in [0.3, 0.4) is 0 Å². The molecule has 0 aromatic carbocycles. The first kappa shape index (κ1) is 12.7. The van der Waals surface area contributed by atoms with Crippen LogP contribution in [0.2, 0.25) is 0 Å². The summed E-state index contributed by atoms with van der Waals surface area (Å²) in [6.07, 6.45) is 0. The number of hydrogen-bond donors (Lipinski definition) is 1. The summed E-state index contributed by atoms with van der Waals surface area (Å²) in [6.45, 7) is -0.483. The van der Waals surface area contributed by atoms with Gasteiger partial charge in [-0.2, -0.15) is 16.8 Å². The SMILES string of the molecule is O=S(=O)(F)CCNCCS(=O)(=O)F. The number of halogens is 2. The summed E-state index contributed by atoms with van der Waals surface area (Å²) < 4.78 is 63.1. The molecule has 0 aliphatic rings. The van der Waals surface area contributed by atoms with Gasteiger partial charge in [0.1, 0.15) is 0 Å². The summed E-state index contributed by atoms with van der Waals surface area (Å²) in [5.41, 5.74) is 0. The van der Waals surface area contributed by atoms with Crippen LogP contribution in [0.25, 0.3) is 0 Å². The van der Waals surface area contributed by atoms with E-state index in [0.717, 1.165) is 0 Å². The van der Waals surface area contributed by atoms with Crippen LogP contribution in [0.15, 0.2) is 0 Å². The smallest absolute Gasteiger partial charge is 0.303 e. The fourth-order valence-corrected chi connectivity index (χ4v) is 1.29. The van der Waals surface area contributed by atoms with Crippen molar-refractivity contribution in [2.45, 2.75) is 0 Å². The average molecular weight is 237 g/mol. The topological polar surface area (TPSA) is 80.3 Å². The zero-order chi connectivity index (χ0) is 10.5. The van der Waals surface area contributed by atoms with E-state index in [1.807, 2.05) is 0 Å². The van der Waals surface area contributed by atoms with Crippen molar-refractivity contribution >= 4 is 20.4 Å². The van der Waals surface area contributed by atoms with Crippen LogP contribution in [0.5, 0.6) is 0 Å². The molecule has 0 fully saturated rings. The highest BCUT2D eigenvalue weighted by molar-refractivity contribution is 7.86. The molecule has 80 valence electrons. The van der Waals surface area contributed by atoms with E-state index in [-0.39, 0.29) is 13.1 Å². The summed E-state index contributed by atoms with van der Waals surface area (Å²) in [4.78, 5) is 0. The van der Waals surface area contributed by atoms with E-state index in [1.54, 1.807) is 0 Å². The summed E-state index contributed by atoms with van der Waals surface area (Å²) in [6, 6.07) is 0. The van der Waals surface area contributed by atoms with Gasteiger partial charge in [0.05, 0.1) is 11.5 Å². The minimum Gasteiger partial charge on any atom is -0.315 e. The maximum Gasteiger partial charge on any atom is 0.303 e. The van der Waals surface area contributed by atoms with Crippen molar-refractivity contribution in [1.82, 2.24) is 5.32 Å². The van der Waals surface area contributed by atoms with Crippen molar-refractivity contribution in [3.63, 3.8) is 0 Å². The summed E-state index contributed by atoms with van der Waals surface area (Å²) in [5.74, 6) is -1.50. The van der Waals surface area contributed by atoms with E-state index >= 15 is 0 Å². The molecule has 0 bridgehead atoms. The highest BCUT2D eigenvalue weighted by atomic mass is 32.3. The van der Waals surface area contributed by atoms with Gasteiger partial charge >= 0.3 is 20.4 Å². The lowest BCUT2D eigenvalue weighted by molar-refractivity contribution is 0.545. The second-order valence-corrected chi connectivity index (χ2v) is 5.21. The molecule has 0 aromatic rings. The van der Waals surface area contributed by atoms with Gasteiger partial charge in [0, 0.05) is 13.1 Å². The first-order valence-electron chi connectivity index (χ1n) is 3.26. The number of hydrogen-bond acceptors (Lipinski definition) is 5. The zero-order valence-electron chi connectivity index (χ0n) is 6.53. The molecule has 0 heterocycles. The number of nitrogens with one attached hydrogen (secondary N) is 1. The monoisotopic (exact) mass is 237 g/mol. The third-order valence-electron chi connectivity index (χ3n) is 1.05.